The molecule has 116 valence electrons. The Morgan fingerprint density at radius 2 is 2.15 bits per heavy atom. The lowest BCUT2D eigenvalue weighted by Gasteiger charge is -2.33. The summed E-state index contributed by atoms with van der Waals surface area (Å²) in [5.74, 6) is -2.98. The van der Waals surface area contributed by atoms with Crippen molar-refractivity contribution >= 4 is 18.3 Å². The van der Waals surface area contributed by atoms with Crippen LogP contribution in [-0.4, -0.2) is 79.7 Å². The van der Waals surface area contributed by atoms with Gasteiger partial charge in [-0.1, -0.05) is 0 Å². The van der Waals surface area contributed by atoms with Crippen molar-refractivity contribution in [1.29, 1.82) is 0 Å². The van der Waals surface area contributed by atoms with E-state index in [4.69, 9.17) is 4.74 Å². The van der Waals surface area contributed by atoms with Crippen LogP contribution in [0, 0.1) is 0 Å². The van der Waals surface area contributed by atoms with Crippen LogP contribution >= 0.6 is 12.4 Å². The SMILES string of the molecule is CN1CCOC2CN(C(=O)C3CC(F)(F)CN3)CC21.Cl. The molecule has 3 saturated heterocycles. The summed E-state index contributed by atoms with van der Waals surface area (Å²) in [6, 6.07) is -0.555. The first-order valence-corrected chi connectivity index (χ1v) is 6.68. The number of hydrogen-bond acceptors (Lipinski definition) is 4. The van der Waals surface area contributed by atoms with E-state index in [0.29, 0.717) is 19.7 Å². The standard InChI is InChI=1S/C12H19F2N3O2.ClH/c1-16-2-3-19-10-6-17(5-9(10)16)11(18)8-4-12(13,14)7-15-8;/h8-10,15H,2-7H2,1H3;1H. The molecule has 3 fully saturated rings. The number of carbonyl (C=O) groups is 1. The average Bonchev–Trinajstić information content (AvgIpc) is 2.92. The zero-order valence-corrected chi connectivity index (χ0v) is 12.2. The molecule has 0 spiro atoms. The van der Waals surface area contributed by atoms with Crippen molar-refractivity contribution in [2.24, 2.45) is 0 Å². The van der Waals surface area contributed by atoms with Crippen LogP contribution < -0.4 is 5.32 Å². The molecule has 0 bridgehead atoms. The number of nitrogens with one attached hydrogen (secondary N) is 1. The van der Waals surface area contributed by atoms with Gasteiger partial charge in [-0.05, 0) is 7.05 Å². The summed E-state index contributed by atoms with van der Waals surface area (Å²) in [6.07, 6.45) is -0.376. The maximum atomic E-state index is 13.1. The van der Waals surface area contributed by atoms with Crippen LogP contribution in [0.4, 0.5) is 8.78 Å². The van der Waals surface area contributed by atoms with Gasteiger partial charge < -0.3 is 9.64 Å². The van der Waals surface area contributed by atoms with Gasteiger partial charge in [0.1, 0.15) is 0 Å². The minimum absolute atomic E-state index is 0. The first-order valence-electron chi connectivity index (χ1n) is 6.68. The summed E-state index contributed by atoms with van der Waals surface area (Å²) in [7, 11) is 2.01. The number of carbonyl (C=O) groups excluding carboxylic acids is 1. The smallest absolute Gasteiger partial charge is 0.262 e. The number of ether oxygens (including phenoxy) is 1. The lowest BCUT2D eigenvalue weighted by molar-refractivity contribution is -0.133. The number of fused-ring (bicyclic) bond motifs is 1. The number of rotatable bonds is 1. The lowest BCUT2D eigenvalue weighted by Crippen LogP contribution is -2.48. The molecule has 0 aromatic heterocycles. The van der Waals surface area contributed by atoms with E-state index in [1.807, 2.05) is 7.05 Å². The Balaban J connectivity index is 0.00000147. The molecule has 3 aliphatic rings. The van der Waals surface area contributed by atoms with Crippen molar-refractivity contribution in [1.82, 2.24) is 15.1 Å². The number of hydrogen-bond donors (Lipinski definition) is 1. The van der Waals surface area contributed by atoms with Crippen LogP contribution in [0.5, 0.6) is 0 Å². The molecule has 0 aliphatic carbocycles. The Labute approximate surface area is 123 Å². The van der Waals surface area contributed by atoms with Crippen molar-refractivity contribution in [3.8, 4) is 0 Å². The van der Waals surface area contributed by atoms with E-state index in [1.165, 1.54) is 0 Å². The molecule has 0 saturated carbocycles. The Bertz CT molecular complexity index is 386. The highest BCUT2D eigenvalue weighted by atomic mass is 35.5. The highest BCUT2D eigenvalue weighted by Crippen LogP contribution is 2.28. The largest absolute Gasteiger partial charge is 0.373 e. The lowest BCUT2D eigenvalue weighted by atomic mass is 10.1. The average molecular weight is 312 g/mol. The number of amides is 1. The van der Waals surface area contributed by atoms with E-state index in [9.17, 15) is 13.6 Å². The van der Waals surface area contributed by atoms with Crippen LogP contribution in [0.3, 0.4) is 0 Å². The van der Waals surface area contributed by atoms with Crippen LogP contribution in [-0.2, 0) is 9.53 Å². The summed E-state index contributed by atoms with van der Waals surface area (Å²) in [5.41, 5.74) is 0. The highest BCUT2D eigenvalue weighted by Gasteiger charge is 2.47. The van der Waals surface area contributed by atoms with Crippen molar-refractivity contribution < 1.29 is 18.3 Å². The first-order chi connectivity index (χ1) is 8.96. The topological polar surface area (TPSA) is 44.8 Å². The molecule has 0 radical (unpaired) electrons. The monoisotopic (exact) mass is 311 g/mol. The van der Waals surface area contributed by atoms with Crippen molar-refractivity contribution in [2.75, 3.05) is 39.8 Å². The van der Waals surface area contributed by atoms with Gasteiger partial charge in [0.25, 0.3) is 5.92 Å². The molecule has 0 aromatic carbocycles. The predicted molar refractivity (Wildman–Crippen MR) is 71.3 cm³/mol. The zero-order chi connectivity index (χ0) is 13.6. The third-order valence-corrected chi connectivity index (χ3v) is 4.30. The van der Waals surface area contributed by atoms with E-state index in [1.54, 1.807) is 4.90 Å². The summed E-state index contributed by atoms with van der Waals surface area (Å²) < 4.78 is 31.9. The molecular formula is C12H20ClF2N3O2. The first kappa shape index (κ1) is 15.9. The predicted octanol–water partition coefficient (Wildman–Crippen LogP) is -0.0532. The summed E-state index contributed by atoms with van der Waals surface area (Å²) in [5, 5.41) is 2.62. The van der Waals surface area contributed by atoms with Gasteiger partial charge >= 0.3 is 0 Å². The molecule has 3 atom stereocenters. The minimum Gasteiger partial charge on any atom is -0.373 e. The van der Waals surface area contributed by atoms with Gasteiger partial charge in [0.15, 0.2) is 0 Å². The van der Waals surface area contributed by atoms with Gasteiger partial charge in [0.05, 0.1) is 31.3 Å². The Kier molecular flexibility index (Phi) is 4.53. The van der Waals surface area contributed by atoms with Gasteiger partial charge in [-0.15, -0.1) is 12.4 Å². The van der Waals surface area contributed by atoms with Gasteiger partial charge in [0, 0.05) is 26.1 Å². The number of halogens is 3. The number of likely N-dealkylation sites (tertiary alicyclic amines) is 1. The molecule has 5 nitrogen and oxygen atoms in total. The van der Waals surface area contributed by atoms with E-state index in [-0.39, 0.29) is 30.5 Å². The molecule has 1 N–H and O–H groups in total. The fourth-order valence-corrected chi connectivity index (χ4v) is 3.15. The Morgan fingerprint density at radius 1 is 1.40 bits per heavy atom. The van der Waals surface area contributed by atoms with Crippen molar-refractivity contribution in [3.05, 3.63) is 0 Å². The van der Waals surface area contributed by atoms with Crippen molar-refractivity contribution in [2.45, 2.75) is 30.5 Å². The molecule has 3 heterocycles. The molecule has 3 unspecified atom stereocenters. The highest BCUT2D eigenvalue weighted by molar-refractivity contribution is 5.85. The maximum absolute atomic E-state index is 13.1. The normalized spacial score (nSPS) is 36.5. The van der Waals surface area contributed by atoms with E-state index in [0.717, 1.165) is 6.54 Å². The minimum atomic E-state index is -2.76. The summed E-state index contributed by atoms with van der Waals surface area (Å²) in [4.78, 5) is 16.1. The summed E-state index contributed by atoms with van der Waals surface area (Å²) >= 11 is 0. The molecule has 8 heteroatoms. The zero-order valence-electron chi connectivity index (χ0n) is 11.3. The van der Waals surface area contributed by atoms with Gasteiger partial charge in [-0.25, -0.2) is 8.78 Å². The van der Waals surface area contributed by atoms with Crippen molar-refractivity contribution in [3.63, 3.8) is 0 Å². The number of nitrogens with zero attached hydrogens (tertiary/aromatic N) is 2. The Hall–Kier alpha value is -0.500. The van der Waals surface area contributed by atoms with Gasteiger partial charge in [-0.3, -0.25) is 15.0 Å². The van der Waals surface area contributed by atoms with Gasteiger partial charge in [-0.2, -0.15) is 0 Å². The number of morpholine rings is 1. The fraction of sp³-hybridized carbons (Fsp3) is 0.917. The third-order valence-electron chi connectivity index (χ3n) is 4.30. The second kappa shape index (κ2) is 5.71. The summed E-state index contributed by atoms with van der Waals surface area (Å²) in [6.45, 7) is 2.20. The quantitative estimate of drug-likeness (QED) is 0.737. The van der Waals surface area contributed by atoms with E-state index >= 15 is 0 Å². The Morgan fingerprint density at radius 3 is 2.75 bits per heavy atom. The molecule has 3 rings (SSSR count). The second-order valence-corrected chi connectivity index (χ2v) is 5.69. The molecule has 20 heavy (non-hydrogen) atoms. The molecular weight excluding hydrogens is 292 g/mol. The fourth-order valence-electron chi connectivity index (χ4n) is 3.15. The van der Waals surface area contributed by atoms with Crippen LogP contribution in [0.2, 0.25) is 0 Å². The number of alkyl halides is 2. The number of likely N-dealkylation sites (N-methyl/N-ethyl adjacent to an activating group) is 1. The van der Waals surface area contributed by atoms with Crippen LogP contribution in [0.25, 0.3) is 0 Å². The molecule has 3 aliphatic heterocycles. The van der Waals surface area contributed by atoms with Gasteiger partial charge in [0.2, 0.25) is 5.91 Å². The molecule has 0 aromatic rings. The van der Waals surface area contributed by atoms with E-state index in [2.05, 4.69) is 10.2 Å². The maximum Gasteiger partial charge on any atom is 0.262 e. The van der Waals surface area contributed by atoms with E-state index < -0.39 is 24.9 Å². The van der Waals surface area contributed by atoms with Crippen LogP contribution in [0.1, 0.15) is 6.42 Å². The molecule has 1 amide bonds. The van der Waals surface area contributed by atoms with Crippen LogP contribution in [0.15, 0.2) is 0 Å². The second-order valence-electron chi connectivity index (χ2n) is 5.69. The third kappa shape index (κ3) is 2.90.